The van der Waals surface area contributed by atoms with E-state index in [1.165, 1.54) is 12.1 Å². The van der Waals surface area contributed by atoms with Crippen LogP contribution in [0.2, 0.25) is 5.02 Å². The SMILES string of the molecule is NS(=O)(=O)c1ccc(N2C(=O)CC(c3cccc(Cl)c3)C3=C2CCCC3=O)cc1. The summed E-state index contributed by atoms with van der Waals surface area (Å²) in [4.78, 5) is 27.5. The number of ketones is 1. The first-order chi connectivity index (χ1) is 13.8. The van der Waals surface area contributed by atoms with Crippen LogP contribution < -0.4 is 10.0 Å². The summed E-state index contributed by atoms with van der Waals surface area (Å²) in [5.41, 5.74) is 2.70. The van der Waals surface area contributed by atoms with Crippen LogP contribution in [-0.2, 0) is 19.6 Å². The van der Waals surface area contributed by atoms with Crippen LogP contribution in [0.1, 0.15) is 37.2 Å². The number of carbonyl (C=O) groups is 2. The maximum Gasteiger partial charge on any atom is 0.238 e. The van der Waals surface area contributed by atoms with E-state index in [4.69, 9.17) is 16.7 Å². The highest BCUT2D eigenvalue weighted by atomic mass is 35.5. The Labute approximate surface area is 174 Å². The molecule has 0 saturated heterocycles. The van der Waals surface area contributed by atoms with Gasteiger partial charge in [-0.25, -0.2) is 13.6 Å². The lowest BCUT2D eigenvalue weighted by Gasteiger charge is -2.38. The Bertz CT molecular complexity index is 1140. The van der Waals surface area contributed by atoms with Crippen LogP contribution in [0, 0.1) is 0 Å². The molecule has 1 unspecified atom stereocenters. The number of nitrogens with two attached hydrogens (primary N) is 1. The third-order valence-electron chi connectivity index (χ3n) is 5.35. The molecule has 0 spiro atoms. The topological polar surface area (TPSA) is 97.5 Å². The second-order valence-electron chi connectivity index (χ2n) is 7.22. The van der Waals surface area contributed by atoms with Crippen molar-refractivity contribution in [2.24, 2.45) is 5.14 Å². The number of rotatable bonds is 3. The number of carbonyl (C=O) groups excluding carboxylic acids is 2. The van der Waals surface area contributed by atoms with Crippen molar-refractivity contribution >= 4 is 39.0 Å². The highest BCUT2D eigenvalue weighted by molar-refractivity contribution is 7.89. The summed E-state index contributed by atoms with van der Waals surface area (Å²) in [5, 5.41) is 5.72. The van der Waals surface area contributed by atoms with Crippen molar-refractivity contribution in [2.45, 2.75) is 36.5 Å². The Hall–Kier alpha value is -2.48. The van der Waals surface area contributed by atoms with E-state index in [-0.39, 0.29) is 28.9 Å². The van der Waals surface area contributed by atoms with Crippen molar-refractivity contribution in [1.82, 2.24) is 0 Å². The van der Waals surface area contributed by atoms with Gasteiger partial charge in [0.05, 0.1) is 4.90 Å². The highest BCUT2D eigenvalue weighted by Crippen LogP contribution is 2.43. The van der Waals surface area contributed by atoms with Gasteiger partial charge in [-0.2, -0.15) is 0 Å². The molecule has 2 aliphatic rings. The summed E-state index contributed by atoms with van der Waals surface area (Å²) in [6, 6.07) is 13.1. The average Bonchev–Trinajstić information content (AvgIpc) is 2.67. The minimum Gasteiger partial charge on any atom is -0.294 e. The van der Waals surface area contributed by atoms with Crippen molar-refractivity contribution in [1.29, 1.82) is 0 Å². The first-order valence-corrected chi connectivity index (χ1v) is 11.2. The minimum absolute atomic E-state index is 0.0311. The van der Waals surface area contributed by atoms with Gasteiger partial charge in [-0.05, 0) is 54.8 Å². The number of halogens is 1. The van der Waals surface area contributed by atoms with Crippen molar-refractivity contribution in [3.8, 4) is 0 Å². The van der Waals surface area contributed by atoms with Crippen LogP contribution in [0.4, 0.5) is 5.69 Å². The second-order valence-corrected chi connectivity index (χ2v) is 9.21. The van der Waals surface area contributed by atoms with Gasteiger partial charge in [0.15, 0.2) is 5.78 Å². The molecular weight excluding hydrogens is 412 g/mol. The van der Waals surface area contributed by atoms with Crippen LogP contribution in [0.3, 0.4) is 0 Å². The third-order valence-corrected chi connectivity index (χ3v) is 6.51. The van der Waals surface area contributed by atoms with E-state index >= 15 is 0 Å². The molecule has 0 aromatic heterocycles. The Balaban J connectivity index is 1.82. The van der Waals surface area contributed by atoms with E-state index in [0.29, 0.717) is 41.2 Å². The quantitative estimate of drug-likeness (QED) is 0.805. The minimum atomic E-state index is -3.83. The normalized spacial score (nSPS) is 20.1. The zero-order chi connectivity index (χ0) is 20.8. The number of hydrogen-bond acceptors (Lipinski definition) is 4. The van der Waals surface area contributed by atoms with Gasteiger partial charge in [-0.15, -0.1) is 0 Å². The number of allylic oxidation sites excluding steroid dienone is 2. The number of amides is 1. The van der Waals surface area contributed by atoms with Gasteiger partial charge >= 0.3 is 0 Å². The molecule has 2 N–H and O–H groups in total. The summed E-state index contributed by atoms with van der Waals surface area (Å²) in [6.45, 7) is 0. The lowest BCUT2D eigenvalue weighted by Crippen LogP contribution is -2.40. The van der Waals surface area contributed by atoms with Gasteiger partial charge in [0.2, 0.25) is 15.9 Å². The molecule has 0 bridgehead atoms. The van der Waals surface area contributed by atoms with Gasteiger partial charge in [-0.1, -0.05) is 23.7 Å². The number of sulfonamides is 1. The number of primary sulfonamides is 1. The molecule has 1 heterocycles. The van der Waals surface area contributed by atoms with Gasteiger partial charge in [-0.3, -0.25) is 14.5 Å². The Kier molecular flexibility index (Phi) is 5.06. The molecule has 1 aliphatic carbocycles. The summed E-state index contributed by atoms with van der Waals surface area (Å²) >= 11 is 6.13. The van der Waals surface area contributed by atoms with Crippen LogP contribution in [0.5, 0.6) is 0 Å². The molecule has 4 rings (SSSR count). The van der Waals surface area contributed by atoms with Gasteiger partial charge in [0.1, 0.15) is 0 Å². The van der Waals surface area contributed by atoms with Crippen LogP contribution >= 0.6 is 11.6 Å². The summed E-state index contributed by atoms with van der Waals surface area (Å²) in [5.74, 6) is -0.439. The molecule has 1 amide bonds. The molecule has 6 nitrogen and oxygen atoms in total. The lowest BCUT2D eigenvalue weighted by molar-refractivity contribution is -0.119. The summed E-state index contributed by atoms with van der Waals surface area (Å²) in [6.07, 6.45) is 1.85. The first-order valence-electron chi connectivity index (χ1n) is 9.23. The molecule has 150 valence electrons. The highest BCUT2D eigenvalue weighted by Gasteiger charge is 2.39. The van der Waals surface area contributed by atoms with Crippen molar-refractivity contribution in [3.63, 3.8) is 0 Å². The zero-order valence-corrected chi connectivity index (χ0v) is 17.0. The average molecular weight is 431 g/mol. The Morgan fingerprint density at radius 3 is 2.41 bits per heavy atom. The number of hydrogen-bond donors (Lipinski definition) is 1. The molecule has 1 aliphatic heterocycles. The van der Waals surface area contributed by atoms with E-state index in [1.54, 1.807) is 29.2 Å². The first kappa shape index (κ1) is 19.8. The smallest absolute Gasteiger partial charge is 0.238 e. The zero-order valence-electron chi connectivity index (χ0n) is 15.5. The summed E-state index contributed by atoms with van der Waals surface area (Å²) < 4.78 is 23.0. The van der Waals surface area contributed by atoms with Crippen molar-refractivity contribution in [3.05, 3.63) is 70.4 Å². The fourth-order valence-corrected chi connectivity index (χ4v) is 4.80. The number of Topliss-reactive ketones (excluding diaryl/α,β-unsaturated/α-hetero) is 1. The molecule has 8 heteroatoms. The van der Waals surface area contributed by atoms with Crippen LogP contribution in [0.25, 0.3) is 0 Å². The van der Waals surface area contributed by atoms with E-state index in [1.807, 2.05) is 12.1 Å². The van der Waals surface area contributed by atoms with Gasteiger partial charge < -0.3 is 0 Å². The van der Waals surface area contributed by atoms with E-state index in [9.17, 15) is 18.0 Å². The van der Waals surface area contributed by atoms with Gasteiger partial charge in [0, 0.05) is 40.7 Å². The maximum absolute atomic E-state index is 13.1. The van der Waals surface area contributed by atoms with Crippen LogP contribution in [0.15, 0.2) is 64.7 Å². The fraction of sp³-hybridized carbons (Fsp3) is 0.238. The lowest BCUT2D eigenvalue weighted by atomic mass is 9.77. The largest absolute Gasteiger partial charge is 0.294 e. The summed E-state index contributed by atoms with van der Waals surface area (Å²) in [7, 11) is -3.83. The van der Waals surface area contributed by atoms with Gasteiger partial charge in [0.25, 0.3) is 0 Å². The van der Waals surface area contributed by atoms with Crippen molar-refractivity contribution in [2.75, 3.05) is 4.90 Å². The molecule has 2 aromatic rings. The number of benzene rings is 2. The maximum atomic E-state index is 13.1. The Morgan fingerprint density at radius 2 is 1.76 bits per heavy atom. The molecule has 1 atom stereocenters. The second kappa shape index (κ2) is 7.40. The number of anilines is 1. The Morgan fingerprint density at radius 1 is 1.03 bits per heavy atom. The monoisotopic (exact) mass is 430 g/mol. The number of nitrogens with zero attached hydrogens (tertiary/aromatic N) is 1. The van der Waals surface area contributed by atoms with E-state index in [0.717, 1.165) is 5.56 Å². The fourth-order valence-electron chi connectivity index (χ4n) is 4.09. The molecule has 2 aromatic carbocycles. The standard InChI is InChI=1S/C21H19ClN2O4S/c22-14-4-1-3-13(11-14)17-12-20(26)24(18-5-2-6-19(25)21(17)18)15-7-9-16(10-8-15)29(23,27)28/h1,3-4,7-11,17H,2,5-6,12H2,(H2,23,27,28). The van der Waals surface area contributed by atoms with E-state index in [2.05, 4.69) is 0 Å². The predicted molar refractivity (Wildman–Crippen MR) is 110 cm³/mol. The van der Waals surface area contributed by atoms with E-state index < -0.39 is 10.0 Å². The molecular formula is C21H19ClN2O4S. The van der Waals surface area contributed by atoms with Crippen LogP contribution in [-0.4, -0.2) is 20.1 Å². The molecule has 0 fully saturated rings. The molecule has 0 radical (unpaired) electrons. The molecule has 29 heavy (non-hydrogen) atoms. The third kappa shape index (κ3) is 3.73. The van der Waals surface area contributed by atoms with Crippen molar-refractivity contribution < 1.29 is 18.0 Å². The predicted octanol–water partition coefficient (Wildman–Crippen LogP) is 3.52. The molecule has 0 saturated carbocycles.